The van der Waals surface area contributed by atoms with Crippen LogP contribution in [0.2, 0.25) is 0 Å². The maximum Gasteiger partial charge on any atom is 0.269 e. The van der Waals surface area contributed by atoms with Gasteiger partial charge in [-0.15, -0.1) is 0 Å². The van der Waals surface area contributed by atoms with Crippen molar-refractivity contribution in [2.75, 3.05) is 7.11 Å². The summed E-state index contributed by atoms with van der Waals surface area (Å²) in [6.45, 7) is 0. The molecule has 0 N–H and O–H groups in total. The number of nitro benzene ring substituents is 1. The zero-order valence-electron chi connectivity index (χ0n) is 12.1. The fourth-order valence-electron chi connectivity index (χ4n) is 2.25. The predicted molar refractivity (Wildman–Crippen MR) is 89.9 cm³/mol. The van der Waals surface area contributed by atoms with E-state index in [-0.39, 0.29) is 5.69 Å². The lowest BCUT2D eigenvalue weighted by Gasteiger charge is -2.09. The quantitative estimate of drug-likeness (QED) is 0.507. The third-order valence-corrected chi connectivity index (χ3v) is 3.97. The zero-order valence-corrected chi connectivity index (χ0v) is 13.7. The molecule has 0 amide bonds. The number of hydrogen-bond donors (Lipinski definition) is 0. The molecule has 3 rings (SSSR count). The van der Waals surface area contributed by atoms with E-state index < -0.39 is 4.92 Å². The Kier molecular flexibility index (Phi) is 4.12. The van der Waals surface area contributed by atoms with Gasteiger partial charge in [-0.05, 0) is 52.3 Å². The normalized spacial score (nSPS) is 10.5. The van der Waals surface area contributed by atoms with Crippen molar-refractivity contribution in [3.63, 3.8) is 0 Å². The topological polar surface area (TPSA) is 70.2 Å². The van der Waals surface area contributed by atoms with E-state index >= 15 is 0 Å². The van der Waals surface area contributed by atoms with Crippen molar-refractivity contribution in [2.45, 2.75) is 0 Å². The van der Waals surface area contributed by atoms with Crippen molar-refractivity contribution in [2.24, 2.45) is 0 Å². The van der Waals surface area contributed by atoms with Gasteiger partial charge < -0.3 is 4.74 Å². The summed E-state index contributed by atoms with van der Waals surface area (Å²) >= 11 is 3.50. The molecule has 0 atom stereocenters. The summed E-state index contributed by atoms with van der Waals surface area (Å²) < 4.78 is 7.74. The van der Waals surface area contributed by atoms with Crippen molar-refractivity contribution < 1.29 is 9.66 Å². The molecule has 2 aromatic carbocycles. The highest BCUT2D eigenvalue weighted by Gasteiger charge is 2.14. The van der Waals surface area contributed by atoms with Crippen molar-refractivity contribution in [1.29, 1.82) is 0 Å². The molecule has 116 valence electrons. The number of nitrogens with zero attached hydrogens (tertiary/aromatic N) is 3. The van der Waals surface area contributed by atoms with Gasteiger partial charge in [0.15, 0.2) is 0 Å². The average molecular weight is 374 g/mol. The summed E-state index contributed by atoms with van der Waals surface area (Å²) in [6.07, 6.45) is 1.70. The minimum atomic E-state index is -0.423. The highest BCUT2D eigenvalue weighted by atomic mass is 79.9. The first kappa shape index (κ1) is 15.2. The first-order valence-corrected chi connectivity index (χ1v) is 7.52. The van der Waals surface area contributed by atoms with Crippen molar-refractivity contribution in [3.8, 4) is 22.7 Å². The van der Waals surface area contributed by atoms with Gasteiger partial charge in [0.25, 0.3) is 5.69 Å². The van der Waals surface area contributed by atoms with Crippen LogP contribution in [0.15, 0.2) is 59.2 Å². The van der Waals surface area contributed by atoms with E-state index in [1.54, 1.807) is 30.1 Å². The van der Waals surface area contributed by atoms with Crippen LogP contribution in [-0.2, 0) is 0 Å². The molecule has 3 aromatic rings. The van der Waals surface area contributed by atoms with Crippen LogP contribution in [0.3, 0.4) is 0 Å². The van der Waals surface area contributed by atoms with Crippen LogP contribution in [0.4, 0.5) is 5.69 Å². The number of halogens is 1. The number of aromatic nitrogens is 2. The maximum atomic E-state index is 10.8. The van der Waals surface area contributed by atoms with Gasteiger partial charge in [0.05, 0.1) is 34.1 Å². The minimum absolute atomic E-state index is 0.0472. The molecule has 0 saturated carbocycles. The van der Waals surface area contributed by atoms with Crippen LogP contribution in [0.1, 0.15) is 0 Å². The van der Waals surface area contributed by atoms with Crippen LogP contribution >= 0.6 is 15.9 Å². The van der Waals surface area contributed by atoms with Gasteiger partial charge >= 0.3 is 0 Å². The van der Waals surface area contributed by atoms with E-state index in [1.165, 1.54) is 12.1 Å². The lowest BCUT2D eigenvalue weighted by atomic mass is 10.1. The highest BCUT2D eigenvalue weighted by molar-refractivity contribution is 9.10. The van der Waals surface area contributed by atoms with E-state index in [9.17, 15) is 10.1 Å². The van der Waals surface area contributed by atoms with E-state index in [0.717, 1.165) is 27.2 Å². The third-order valence-electron chi connectivity index (χ3n) is 3.39. The van der Waals surface area contributed by atoms with Crippen LogP contribution in [0, 0.1) is 10.1 Å². The Morgan fingerprint density at radius 1 is 1.13 bits per heavy atom. The first-order chi connectivity index (χ1) is 11.1. The SMILES string of the molecule is COc1ccc(-c2c(Br)cnn2-c2ccc([N+](=O)[O-])cc2)cc1. The molecule has 0 saturated heterocycles. The Morgan fingerprint density at radius 3 is 2.35 bits per heavy atom. The molecule has 23 heavy (non-hydrogen) atoms. The maximum absolute atomic E-state index is 10.8. The first-order valence-electron chi connectivity index (χ1n) is 6.73. The average Bonchev–Trinajstić information content (AvgIpc) is 2.96. The monoisotopic (exact) mass is 373 g/mol. The second-order valence-electron chi connectivity index (χ2n) is 4.75. The van der Waals surface area contributed by atoms with E-state index in [2.05, 4.69) is 21.0 Å². The molecule has 1 aromatic heterocycles. The van der Waals surface area contributed by atoms with Gasteiger partial charge in [0.1, 0.15) is 5.75 Å². The van der Waals surface area contributed by atoms with Crippen molar-refractivity contribution >= 4 is 21.6 Å². The fourth-order valence-corrected chi connectivity index (χ4v) is 2.74. The van der Waals surface area contributed by atoms with Crippen molar-refractivity contribution in [1.82, 2.24) is 9.78 Å². The van der Waals surface area contributed by atoms with Crippen LogP contribution in [-0.4, -0.2) is 21.8 Å². The summed E-state index contributed by atoms with van der Waals surface area (Å²) in [6, 6.07) is 13.9. The number of hydrogen-bond acceptors (Lipinski definition) is 4. The Morgan fingerprint density at radius 2 is 1.78 bits per heavy atom. The summed E-state index contributed by atoms with van der Waals surface area (Å²) in [7, 11) is 1.62. The minimum Gasteiger partial charge on any atom is -0.497 e. The fraction of sp³-hybridized carbons (Fsp3) is 0.0625. The highest BCUT2D eigenvalue weighted by Crippen LogP contribution is 2.31. The lowest BCUT2D eigenvalue weighted by molar-refractivity contribution is -0.384. The van der Waals surface area contributed by atoms with Crippen LogP contribution in [0.5, 0.6) is 5.75 Å². The summed E-state index contributed by atoms with van der Waals surface area (Å²) in [5.41, 5.74) is 2.60. The van der Waals surface area contributed by atoms with E-state index in [4.69, 9.17) is 4.74 Å². The van der Waals surface area contributed by atoms with Gasteiger partial charge in [0, 0.05) is 17.7 Å². The molecule has 0 radical (unpaired) electrons. The number of non-ortho nitro benzene ring substituents is 1. The number of methoxy groups -OCH3 is 1. The molecule has 0 unspecified atom stereocenters. The number of ether oxygens (including phenoxy) is 1. The molecule has 1 heterocycles. The van der Waals surface area contributed by atoms with Crippen LogP contribution < -0.4 is 4.74 Å². The van der Waals surface area contributed by atoms with Crippen LogP contribution in [0.25, 0.3) is 16.9 Å². The summed E-state index contributed by atoms with van der Waals surface area (Å²) in [5, 5.41) is 15.1. The van der Waals surface area contributed by atoms with Gasteiger partial charge in [-0.25, -0.2) is 4.68 Å². The number of nitro groups is 1. The predicted octanol–water partition coefficient (Wildman–Crippen LogP) is 4.22. The standard InChI is InChI=1S/C16H12BrN3O3/c1-23-14-8-2-11(3-9-14)16-15(17)10-18-19(16)12-4-6-13(7-5-12)20(21)22/h2-10H,1H3. The van der Waals surface area contributed by atoms with Gasteiger partial charge in [-0.3, -0.25) is 10.1 Å². The number of rotatable bonds is 4. The molecule has 0 bridgehead atoms. The summed E-state index contributed by atoms with van der Waals surface area (Å²) in [5.74, 6) is 0.770. The molecule has 0 aliphatic rings. The van der Waals surface area contributed by atoms with Gasteiger partial charge in [0.2, 0.25) is 0 Å². The molecule has 0 aliphatic carbocycles. The zero-order chi connectivity index (χ0) is 16.4. The Hall–Kier alpha value is -2.67. The van der Waals surface area contributed by atoms with Gasteiger partial charge in [-0.1, -0.05) is 0 Å². The Labute approximate surface area is 140 Å². The lowest BCUT2D eigenvalue weighted by Crippen LogP contribution is -1.99. The molecule has 6 nitrogen and oxygen atoms in total. The van der Waals surface area contributed by atoms with E-state index in [1.807, 2.05) is 24.3 Å². The molecule has 7 heteroatoms. The van der Waals surface area contributed by atoms with E-state index in [0.29, 0.717) is 0 Å². The smallest absolute Gasteiger partial charge is 0.269 e. The second kappa shape index (κ2) is 6.21. The largest absolute Gasteiger partial charge is 0.497 e. The second-order valence-corrected chi connectivity index (χ2v) is 5.61. The Bertz CT molecular complexity index is 842. The third kappa shape index (κ3) is 2.95. The van der Waals surface area contributed by atoms with Gasteiger partial charge in [-0.2, -0.15) is 5.10 Å². The molecule has 0 spiro atoms. The summed E-state index contributed by atoms with van der Waals surface area (Å²) in [4.78, 5) is 10.3. The molecular weight excluding hydrogens is 362 g/mol. The number of benzene rings is 2. The molecular formula is C16H12BrN3O3. The van der Waals surface area contributed by atoms with Crippen molar-refractivity contribution in [3.05, 3.63) is 69.3 Å². The Balaban J connectivity index is 2.05. The molecule has 0 fully saturated rings. The molecule has 0 aliphatic heterocycles.